The monoisotopic (exact) mass is 383 g/mol. The number of hydrogen-bond donors (Lipinski definition) is 2. The molecule has 1 aliphatic heterocycles. The number of carbonyl (C=O) groups is 4. The molecule has 2 rings (SSSR count). The molecule has 146 valence electrons. The van der Waals surface area contributed by atoms with Crippen molar-refractivity contribution in [3.63, 3.8) is 0 Å². The normalized spacial score (nSPS) is 14.7. The number of carbonyl (C=O) groups excluding carboxylic acids is 4. The minimum atomic E-state index is -1.24. The molecule has 0 unspecified atom stereocenters. The Bertz CT molecular complexity index is 749. The summed E-state index contributed by atoms with van der Waals surface area (Å²) in [6, 6.07) is 1.12. The van der Waals surface area contributed by atoms with E-state index in [1.165, 1.54) is 0 Å². The van der Waals surface area contributed by atoms with Crippen molar-refractivity contribution in [1.82, 2.24) is 15.5 Å². The highest BCUT2D eigenvalue weighted by atomic mass is 19.1. The lowest BCUT2D eigenvalue weighted by molar-refractivity contribution is -0.153. The zero-order valence-electron chi connectivity index (χ0n) is 14.8. The second kappa shape index (κ2) is 8.56. The molecule has 8 nitrogen and oxygen atoms in total. The van der Waals surface area contributed by atoms with Gasteiger partial charge in [-0.05, 0) is 18.1 Å². The van der Waals surface area contributed by atoms with Crippen molar-refractivity contribution in [3.8, 4) is 0 Å². The van der Waals surface area contributed by atoms with E-state index >= 15 is 0 Å². The van der Waals surface area contributed by atoms with Crippen molar-refractivity contribution in [3.05, 3.63) is 35.4 Å². The molecule has 0 aromatic heterocycles. The molecule has 2 N–H and O–H groups in total. The van der Waals surface area contributed by atoms with E-state index < -0.39 is 59.6 Å². The summed E-state index contributed by atoms with van der Waals surface area (Å²) in [4.78, 5) is 48.6. The topological polar surface area (TPSA) is 105 Å². The molecule has 0 radical (unpaired) electrons. The van der Waals surface area contributed by atoms with E-state index in [4.69, 9.17) is 4.74 Å². The molecule has 1 saturated heterocycles. The molecule has 1 aromatic carbocycles. The van der Waals surface area contributed by atoms with Crippen LogP contribution < -0.4 is 10.6 Å². The molecule has 1 atom stereocenters. The SMILES string of the molecule is CC(C)[C@H](NC(=O)c1c(F)cccc1F)C(=O)OCC(=O)N1CCNC1=O. The van der Waals surface area contributed by atoms with Crippen LogP contribution in [0.25, 0.3) is 0 Å². The van der Waals surface area contributed by atoms with Gasteiger partial charge in [-0.2, -0.15) is 0 Å². The van der Waals surface area contributed by atoms with Gasteiger partial charge in [0.05, 0.1) is 0 Å². The van der Waals surface area contributed by atoms with Crippen molar-refractivity contribution in [1.29, 1.82) is 0 Å². The summed E-state index contributed by atoms with van der Waals surface area (Å²) >= 11 is 0. The smallest absolute Gasteiger partial charge is 0.329 e. The van der Waals surface area contributed by atoms with Crippen LogP contribution in [0.4, 0.5) is 13.6 Å². The molecule has 0 spiro atoms. The summed E-state index contributed by atoms with van der Waals surface area (Å²) in [5.74, 6) is -5.42. The van der Waals surface area contributed by atoms with Gasteiger partial charge in [0.25, 0.3) is 11.8 Å². The number of esters is 1. The summed E-state index contributed by atoms with van der Waals surface area (Å²) in [7, 11) is 0. The number of urea groups is 1. The van der Waals surface area contributed by atoms with Gasteiger partial charge in [0, 0.05) is 13.1 Å². The predicted octanol–water partition coefficient (Wildman–Crippen LogP) is 0.814. The van der Waals surface area contributed by atoms with E-state index in [9.17, 15) is 28.0 Å². The standard InChI is InChI=1S/C17H19F2N3O5/c1-9(2)14(21-15(24)13-10(18)4-3-5-11(13)19)16(25)27-8-12(23)22-7-6-20-17(22)26/h3-5,9,14H,6-8H2,1-2H3,(H,20,26)(H,21,24)/t14-/m0/s1. The van der Waals surface area contributed by atoms with Gasteiger partial charge < -0.3 is 15.4 Å². The van der Waals surface area contributed by atoms with Crippen molar-refractivity contribution >= 4 is 23.8 Å². The fourth-order valence-electron chi connectivity index (χ4n) is 2.44. The van der Waals surface area contributed by atoms with Crippen LogP contribution >= 0.6 is 0 Å². The maximum absolute atomic E-state index is 13.7. The molecule has 0 aliphatic carbocycles. The number of benzene rings is 1. The zero-order valence-corrected chi connectivity index (χ0v) is 14.8. The van der Waals surface area contributed by atoms with Crippen molar-refractivity contribution < 1.29 is 32.7 Å². The van der Waals surface area contributed by atoms with Gasteiger partial charge in [-0.3, -0.25) is 14.5 Å². The molecule has 1 aromatic rings. The average molecular weight is 383 g/mol. The molecule has 27 heavy (non-hydrogen) atoms. The van der Waals surface area contributed by atoms with Gasteiger partial charge in [0.1, 0.15) is 23.2 Å². The number of hydrogen-bond acceptors (Lipinski definition) is 5. The van der Waals surface area contributed by atoms with Crippen LogP contribution in [0.15, 0.2) is 18.2 Å². The molecule has 1 heterocycles. The molecule has 10 heteroatoms. The maximum Gasteiger partial charge on any atom is 0.329 e. The molecule has 1 aliphatic rings. The van der Waals surface area contributed by atoms with Gasteiger partial charge in [-0.15, -0.1) is 0 Å². The van der Waals surface area contributed by atoms with E-state index in [-0.39, 0.29) is 6.54 Å². The summed E-state index contributed by atoms with van der Waals surface area (Å²) in [5, 5.41) is 4.65. The Morgan fingerprint density at radius 3 is 2.41 bits per heavy atom. The number of amides is 4. The highest BCUT2D eigenvalue weighted by Gasteiger charge is 2.31. The summed E-state index contributed by atoms with van der Waals surface area (Å²) in [6.45, 7) is 2.93. The summed E-state index contributed by atoms with van der Waals surface area (Å²) in [6.07, 6.45) is 0. The second-order valence-corrected chi connectivity index (χ2v) is 6.18. The number of nitrogens with one attached hydrogen (secondary N) is 2. The fourth-order valence-corrected chi connectivity index (χ4v) is 2.44. The highest BCUT2D eigenvalue weighted by Crippen LogP contribution is 2.13. The summed E-state index contributed by atoms with van der Waals surface area (Å²) < 4.78 is 32.3. The van der Waals surface area contributed by atoms with E-state index in [1.54, 1.807) is 13.8 Å². The Morgan fingerprint density at radius 2 is 1.89 bits per heavy atom. The molecular weight excluding hydrogens is 364 g/mol. The van der Waals surface area contributed by atoms with Gasteiger partial charge in [0.2, 0.25) is 0 Å². The molecule has 1 fully saturated rings. The molecular formula is C17H19F2N3O5. The first-order valence-electron chi connectivity index (χ1n) is 8.22. The van der Waals surface area contributed by atoms with E-state index in [0.29, 0.717) is 6.54 Å². The van der Waals surface area contributed by atoms with Gasteiger partial charge in [-0.1, -0.05) is 19.9 Å². The Hall–Kier alpha value is -3.04. The first-order valence-corrected chi connectivity index (χ1v) is 8.22. The average Bonchev–Trinajstić information content (AvgIpc) is 3.03. The maximum atomic E-state index is 13.7. The summed E-state index contributed by atoms with van der Waals surface area (Å²) in [5.41, 5.74) is -0.819. The quantitative estimate of drug-likeness (QED) is 0.708. The lowest BCUT2D eigenvalue weighted by atomic mass is 10.0. The first-order chi connectivity index (χ1) is 12.7. The van der Waals surface area contributed by atoms with Gasteiger partial charge >= 0.3 is 12.0 Å². The van der Waals surface area contributed by atoms with Crippen LogP contribution in [0.3, 0.4) is 0 Å². The Kier molecular flexibility index (Phi) is 6.43. The third kappa shape index (κ3) is 4.78. The number of nitrogens with zero attached hydrogens (tertiary/aromatic N) is 1. The Labute approximate surface area is 153 Å². The number of ether oxygens (including phenoxy) is 1. The lowest BCUT2D eigenvalue weighted by Crippen LogP contribution is -2.47. The van der Waals surface area contributed by atoms with Gasteiger partial charge in [-0.25, -0.2) is 18.4 Å². The van der Waals surface area contributed by atoms with Crippen molar-refractivity contribution in [2.75, 3.05) is 19.7 Å². The lowest BCUT2D eigenvalue weighted by Gasteiger charge is -2.21. The van der Waals surface area contributed by atoms with Crippen LogP contribution in [0.2, 0.25) is 0 Å². The Morgan fingerprint density at radius 1 is 1.26 bits per heavy atom. The van der Waals surface area contributed by atoms with Crippen LogP contribution in [0.1, 0.15) is 24.2 Å². The zero-order chi connectivity index (χ0) is 20.1. The van der Waals surface area contributed by atoms with Crippen LogP contribution in [0, 0.1) is 17.6 Å². The van der Waals surface area contributed by atoms with Crippen LogP contribution in [-0.2, 0) is 14.3 Å². The number of imide groups is 1. The van der Waals surface area contributed by atoms with E-state index in [1.807, 2.05) is 0 Å². The molecule has 0 saturated carbocycles. The van der Waals surface area contributed by atoms with E-state index in [2.05, 4.69) is 10.6 Å². The van der Waals surface area contributed by atoms with E-state index in [0.717, 1.165) is 23.1 Å². The highest BCUT2D eigenvalue weighted by molar-refractivity contribution is 5.98. The largest absolute Gasteiger partial charge is 0.454 e. The minimum absolute atomic E-state index is 0.159. The first kappa shape index (κ1) is 20.3. The molecule has 4 amide bonds. The Balaban J connectivity index is 2.01. The van der Waals surface area contributed by atoms with Crippen LogP contribution in [-0.4, -0.2) is 54.5 Å². The predicted molar refractivity (Wildman–Crippen MR) is 88.5 cm³/mol. The van der Waals surface area contributed by atoms with Gasteiger partial charge in [0.15, 0.2) is 6.61 Å². The third-order valence-electron chi connectivity index (χ3n) is 3.89. The second-order valence-electron chi connectivity index (χ2n) is 6.18. The molecule has 0 bridgehead atoms. The van der Waals surface area contributed by atoms with Crippen molar-refractivity contribution in [2.24, 2.45) is 5.92 Å². The third-order valence-corrected chi connectivity index (χ3v) is 3.89. The fraction of sp³-hybridized carbons (Fsp3) is 0.412. The number of rotatable bonds is 6. The van der Waals surface area contributed by atoms with Crippen molar-refractivity contribution in [2.45, 2.75) is 19.9 Å². The number of halogens is 2. The minimum Gasteiger partial charge on any atom is -0.454 e. The van der Waals surface area contributed by atoms with Crippen LogP contribution in [0.5, 0.6) is 0 Å².